The van der Waals surface area contributed by atoms with Crippen LogP contribution in [0.25, 0.3) is 0 Å². The number of unbranched alkanes of at least 4 members (excludes halogenated alkanes) is 23. The fourth-order valence-electron chi connectivity index (χ4n) is 11.4. The van der Waals surface area contributed by atoms with Crippen LogP contribution in [0.15, 0.2) is 97.2 Å². The van der Waals surface area contributed by atoms with Gasteiger partial charge in [-0.25, -0.2) is 0 Å². The summed E-state index contributed by atoms with van der Waals surface area (Å²) in [5, 5.41) is 120. The van der Waals surface area contributed by atoms with Crippen LogP contribution in [0.3, 0.4) is 0 Å². The molecule has 17 unspecified atom stereocenters. The van der Waals surface area contributed by atoms with Gasteiger partial charge in [0.1, 0.15) is 73.2 Å². The lowest BCUT2D eigenvalue weighted by Gasteiger charge is -2.48. The summed E-state index contributed by atoms with van der Waals surface area (Å²) in [6, 6.07) is -0.980. The Morgan fingerprint density at radius 3 is 1.17 bits per heavy atom. The van der Waals surface area contributed by atoms with E-state index in [2.05, 4.69) is 104 Å². The van der Waals surface area contributed by atoms with Crippen LogP contribution >= 0.6 is 0 Å². The highest BCUT2D eigenvalue weighted by Gasteiger charge is 2.53. The van der Waals surface area contributed by atoms with E-state index >= 15 is 0 Å². The molecule has 0 saturated carbocycles. The van der Waals surface area contributed by atoms with Gasteiger partial charge in [-0.1, -0.05) is 239 Å². The Morgan fingerprint density at radius 2 is 0.750 bits per heavy atom. The first kappa shape index (κ1) is 82.9. The highest BCUT2D eigenvalue weighted by Crippen LogP contribution is 2.33. The molecule has 1 amide bonds. The number of aliphatic hydroxyl groups is 11. The zero-order valence-corrected chi connectivity index (χ0v) is 56.0. The Kier molecular flexibility index (Phi) is 48.5. The van der Waals surface area contributed by atoms with Gasteiger partial charge in [-0.2, -0.15) is 0 Å². The Morgan fingerprint density at radius 1 is 0.402 bits per heavy atom. The van der Waals surface area contributed by atoms with E-state index < -0.39 is 124 Å². The third kappa shape index (κ3) is 35.1. The number of rotatable bonds is 53. The molecule has 17 atom stereocenters. The number of allylic oxidation sites excluding steroid dienone is 15. The third-order valence-electron chi connectivity index (χ3n) is 17.1. The summed E-state index contributed by atoms with van der Waals surface area (Å²) in [6.45, 7) is 1.60. The molecular formula is C73H125NO18. The van der Waals surface area contributed by atoms with Crippen molar-refractivity contribution in [2.45, 2.75) is 330 Å². The Hall–Kier alpha value is -3.29. The van der Waals surface area contributed by atoms with Crippen LogP contribution in [0.2, 0.25) is 0 Å². The van der Waals surface area contributed by atoms with Gasteiger partial charge >= 0.3 is 0 Å². The maximum Gasteiger partial charge on any atom is 0.220 e. The summed E-state index contributed by atoms with van der Waals surface area (Å²) in [7, 11) is 0. The van der Waals surface area contributed by atoms with Crippen molar-refractivity contribution in [2.75, 3.05) is 26.4 Å². The molecule has 3 saturated heterocycles. The summed E-state index contributed by atoms with van der Waals surface area (Å²) in [5.74, 6) is -0.283. The summed E-state index contributed by atoms with van der Waals surface area (Å²) in [6.07, 6.45) is 43.8. The minimum absolute atomic E-state index is 0.234. The Bertz CT molecular complexity index is 2040. The van der Waals surface area contributed by atoms with Gasteiger partial charge in [0, 0.05) is 6.42 Å². The van der Waals surface area contributed by atoms with E-state index in [0.717, 1.165) is 103 Å². The number of nitrogens with one attached hydrogen (secondary N) is 1. The average molecular weight is 1300 g/mol. The number of ether oxygens (including phenoxy) is 6. The molecule has 3 aliphatic rings. The zero-order valence-electron chi connectivity index (χ0n) is 56.0. The van der Waals surface area contributed by atoms with Crippen LogP contribution < -0.4 is 5.32 Å². The Labute approximate surface area is 552 Å². The molecule has 0 aromatic rings. The lowest BCUT2D eigenvalue weighted by molar-refractivity contribution is -0.379. The van der Waals surface area contributed by atoms with Crippen LogP contribution in [0.4, 0.5) is 0 Å². The van der Waals surface area contributed by atoms with E-state index in [-0.39, 0.29) is 18.9 Å². The van der Waals surface area contributed by atoms with E-state index in [1.165, 1.54) is 96.3 Å². The fraction of sp³-hybridized carbons (Fsp3) is 0.767. The average Bonchev–Trinajstić information content (AvgIpc) is 0.840. The topological polar surface area (TPSA) is 307 Å². The number of amides is 1. The largest absolute Gasteiger partial charge is 0.394 e. The number of hydrogen-bond acceptors (Lipinski definition) is 18. The molecule has 19 nitrogen and oxygen atoms in total. The first-order valence-electron chi connectivity index (χ1n) is 35.5. The summed E-state index contributed by atoms with van der Waals surface area (Å²) >= 11 is 0. The SMILES string of the molecule is CC/C=C\C/C=C\C/C=C\C/C=C\C/C=C\C/C=C\C/C=C\CCCCCCCCCCCCCC(=O)NC(COC1OC(CO)C(OC2OC(CO)C(OC3OC(CO)C(O)C(O)C3O)C(O)C2O)C(O)C1O)C(O)/C=C/CCCCCCCCCCCCCC. The van der Waals surface area contributed by atoms with Crippen LogP contribution in [0.1, 0.15) is 226 Å². The van der Waals surface area contributed by atoms with Crippen LogP contribution in [-0.2, 0) is 33.2 Å². The lowest BCUT2D eigenvalue weighted by atomic mass is 9.96. The number of carbonyl (C=O) groups is 1. The lowest BCUT2D eigenvalue weighted by Crippen LogP contribution is -2.66. The maximum absolute atomic E-state index is 13.4. The van der Waals surface area contributed by atoms with E-state index in [0.29, 0.717) is 6.42 Å². The molecule has 0 spiro atoms. The van der Waals surface area contributed by atoms with Crippen molar-refractivity contribution in [1.29, 1.82) is 0 Å². The molecule has 3 aliphatic heterocycles. The van der Waals surface area contributed by atoms with Gasteiger partial charge in [0.2, 0.25) is 5.91 Å². The van der Waals surface area contributed by atoms with E-state index in [9.17, 15) is 61.0 Å². The first-order chi connectivity index (χ1) is 44.8. The minimum Gasteiger partial charge on any atom is -0.394 e. The molecular weight excluding hydrogens is 1180 g/mol. The third-order valence-corrected chi connectivity index (χ3v) is 17.1. The molecule has 3 heterocycles. The molecule has 0 bridgehead atoms. The molecule has 0 aromatic heterocycles. The fourth-order valence-corrected chi connectivity index (χ4v) is 11.4. The number of aliphatic hydroxyl groups excluding tert-OH is 11. The Balaban J connectivity index is 1.38. The summed E-state index contributed by atoms with van der Waals surface area (Å²) in [4.78, 5) is 13.4. The zero-order chi connectivity index (χ0) is 66.8. The minimum atomic E-state index is -1.98. The second-order valence-electron chi connectivity index (χ2n) is 25.0. The van der Waals surface area contributed by atoms with Crippen molar-refractivity contribution in [3.63, 3.8) is 0 Å². The normalized spacial score (nSPS) is 28.3. The van der Waals surface area contributed by atoms with Gasteiger partial charge in [0.25, 0.3) is 0 Å². The molecule has 92 heavy (non-hydrogen) atoms. The predicted octanol–water partition coefficient (Wildman–Crippen LogP) is 9.66. The first-order valence-corrected chi connectivity index (χ1v) is 35.5. The van der Waals surface area contributed by atoms with Gasteiger partial charge in [-0.15, -0.1) is 0 Å². The molecule has 0 radical (unpaired) electrons. The molecule has 0 aromatic carbocycles. The standard InChI is InChI=1S/C73H125NO18/c1-3-5-7-9-11-13-15-17-19-20-21-22-23-24-25-26-27-28-29-30-31-32-33-34-35-36-37-39-41-43-45-47-49-51-61(79)74-56(57(78)50-48-46-44-42-40-38-18-16-14-12-10-8-6-4-2)55-87-71-67(85)64(82)69(59(53-76)89-71)92-73-68(86)65(83)70(60(54-77)90-73)91-72-66(84)63(81)62(80)58(52-75)88-72/h5,7,11,13,17,19,21-22,24-25,27-28,30-31,48,50,56-60,62-73,75-78,80-86H,3-4,6,8-10,12,14-16,18,20,23,26,29,32-47,49,51-55H2,1-2H3,(H,74,79)/b7-5-,13-11-,19-17-,22-21-,25-24-,28-27-,31-30-,50-48+. The van der Waals surface area contributed by atoms with Crippen molar-refractivity contribution in [3.05, 3.63) is 97.2 Å². The second-order valence-corrected chi connectivity index (χ2v) is 25.0. The van der Waals surface area contributed by atoms with Crippen molar-refractivity contribution >= 4 is 5.91 Å². The molecule has 12 N–H and O–H groups in total. The van der Waals surface area contributed by atoms with Crippen molar-refractivity contribution in [3.8, 4) is 0 Å². The number of carbonyl (C=O) groups excluding carboxylic acids is 1. The van der Waals surface area contributed by atoms with E-state index in [1.807, 2.05) is 6.08 Å². The quantitative estimate of drug-likeness (QED) is 0.0199. The van der Waals surface area contributed by atoms with Gasteiger partial charge in [0.15, 0.2) is 18.9 Å². The van der Waals surface area contributed by atoms with Gasteiger partial charge < -0.3 is 89.9 Å². The maximum atomic E-state index is 13.4. The van der Waals surface area contributed by atoms with E-state index in [1.54, 1.807) is 6.08 Å². The van der Waals surface area contributed by atoms with Crippen molar-refractivity contribution in [1.82, 2.24) is 5.32 Å². The van der Waals surface area contributed by atoms with Gasteiger partial charge in [-0.05, 0) is 77.0 Å². The van der Waals surface area contributed by atoms with Crippen LogP contribution in [-0.4, -0.2) is 193 Å². The molecule has 0 aliphatic carbocycles. The summed E-state index contributed by atoms with van der Waals surface area (Å²) < 4.78 is 34.3. The van der Waals surface area contributed by atoms with Gasteiger partial charge in [-0.3, -0.25) is 4.79 Å². The molecule has 530 valence electrons. The van der Waals surface area contributed by atoms with E-state index in [4.69, 9.17) is 28.4 Å². The van der Waals surface area contributed by atoms with Gasteiger partial charge in [0.05, 0.1) is 38.6 Å². The smallest absolute Gasteiger partial charge is 0.220 e. The summed E-state index contributed by atoms with van der Waals surface area (Å²) in [5.41, 5.74) is 0. The molecule has 19 heteroatoms. The monoisotopic (exact) mass is 1300 g/mol. The van der Waals surface area contributed by atoms with Crippen molar-refractivity contribution < 1.29 is 89.4 Å². The second kappa shape index (κ2) is 53.8. The highest BCUT2D eigenvalue weighted by molar-refractivity contribution is 5.76. The molecule has 3 rings (SSSR count). The highest BCUT2D eigenvalue weighted by atomic mass is 16.8. The number of hydrogen-bond donors (Lipinski definition) is 12. The van der Waals surface area contributed by atoms with Crippen LogP contribution in [0.5, 0.6) is 0 Å². The predicted molar refractivity (Wildman–Crippen MR) is 360 cm³/mol. The van der Waals surface area contributed by atoms with Crippen molar-refractivity contribution in [2.24, 2.45) is 0 Å². The van der Waals surface area contributed by atoms with Crippen LogP contribution in [0, 0.1) is 0 Å². The molecule has 3 fully saturated rings.